The summed E-state index contributed by atoms with van der Waals surface area (Å²) >= 11 is 0. The predicted molar refractivity (Wildman–Crippen MR) is 87.1 cm³/mol. The minimum absolute atomic E-state index is 0.255. The molecule has 0 radical (unpaired) electrons. The van der Waals surface area contributed by atoms with E-state index in [2.05, 4.69) is 0 Å². The number of hydrogen-bond donors (Lipinski definition) is 3. The van der Waals surface area contributed by atoms with Gasteiger partial charge < -0.3 is 29.2 Å². The molecular formula is C18H14O7. The molecule has 0 spiro atoms. The van der Waals surface area contributed by atoms with Crippen molar-refractivity contribution < 1.29 is 29.2 Å². The van der Waals surface area contributed by atoms with Crippen LogP contribution >= 0.6 is 0 Å². The second-order valence-electron chi connectivity index (χ2n) is 5.72. The molecule has 0 amide bonds. The van der Waals surface area contributed by atoms with Crippen molar-refractivity contribution in [2.75, 3.05) is 6.61 Å². The maximum absolute atomic E-state index is 11.4. The van der Waals surface area contributed by atoms with Crippen LogP contribution in [0.4, 0.5) is 0 Å². The average molecular weight is 342 g/mol. The number of benzene rings is 2. The highest BCUT2D eigenvalue weighted by Crippen LogP contribution is 2.42. The summed E-state index contributed by atoms with van der Waals surface area (Å²) in [5.74, 6) is 0.214. The third-order valence-corrected chi connectivity index (χ3v) is 4.06. The van der Waals surface area contributed by atoms with Gasteiger partial charge in [0.2, 0.25) is 0 Å². The Bertz CT molecular complexity index is 1010. The highest BCUT2D eigenvalue weighted by Gasteiger charge is 2.33. The van der Waals surface area contributed by atoms with Crippen LogP contribution in [-0.4, -0.2) is 28.0 Å². The number of rotatable bonds is 2. The Morgan fingerprint density at radius 3 is 2.48 bits per heavy atom. The first-order chi connectivity index (χ1) is 12.0. The number of aromatic hydroxyl groups is 2. The van der Waals surface area contributed by atoms with Gasteiger partial charge in [0.15, 0.2) is 35.2 Å². The molecule has 0 fully saturated rings. The summed E-state index contributed by atoms with van der Waals surface area (Å²) in [5, 5.41) is 29.5. The fourth-order valence-electron chi connectivity index (χ4n) is 2.83. The normalized spacial score (nSPS) is 19.1. The fourth-order valence-corrected chi connectivity index (χ4v) is 2.83. The van der Waals surface area contributed by atoms with Crippen LogP contribution in [0.1, 0.15) is 11.7 Å². The van der Waals surface area contributed by atoms with E-state index in [1.54, 1.807) is 24.3 Å². The quantitative estimate of drug-likeness (QED) is 0.483. The van der Waals surface area contributed by atoms with Gasteiger partial charge in [-0.15, -0.1) is 0 Å². The van der Waals surface area contributed by atoms with E-state index in [1.165, 1.54) is 18.2 Å². The number of phenolic OH excluding ortho intramolecular Hbond substituents is 2. The second kappa shape index (κ2) is 5.71. The molecule has 7 heteroatoms. The van der Waals surface area contributed by atoms with Crippen LogP contribution < -0.4 is 15.1 Å². The van der Waals surface area contributed by atoms with Gasteiger partial charge in [-0.05, 0) is 24.3 Å². The Morgan fingerprint density at radius 2 is 1.72 bits per heavy atom. The van der Waals surface area contributed by atoms with Crippen molar-refractivity contribution in [1.29, 1.82) is 0 Å². The molecule has 0 saturated carbocycles. The number of ether oxygens (including phenoxy) is 2. The van der Waals surface area contributed by atoms with E-state index < -0.39 is 17.8 Å². The summed E-state index contributed by atoms with van der Waals surface area (Å²) < 4.78 is 16.9. The maximum Gasteiger partial charge on any atom is 0.336 e. The van der Waals surface area contributed by atoms with Crippen LogP contribution in [0.25, 0.3) is 11.0 Å². The van der Waals surface area contributed by atoms with Gasteiger partial charge in [-0.25, -0.2) is 4.79 Å². The fraction of sp³-hybridized carbons (Fsp3) is 0.167. The van der Waals surface area contributed by atoms with E-state index in [9.17, 15) is 20.1 Å². The van der Waals surface area contributed by atoms with E-state index in [-0.39, 0.29) is 18.1 Å². The third-order valence-electron chi connectivity index (χ3n) is 4.06. The molecule has 4 rings (SSSR count). The first-order valence-corrected chi connectivity index (χ1v) is 7.59. The molecule has 1 aliphatic rings. The zero-order valence-corrected chi connectivity index (χ0v) is 12.9. The van der Waals surface area contributed by atoms with Crippen molar-refractivity contribution in [3.8, 4) is 23.0 Å². The van der Waals surface area contributed by atoms with Crippen LogP contribution in [0.15, 0.2) is 51.7 Å². The van der Waals surface area contributed by atoms with E-state index >= 15 is 0 Å². The van der Waals surface area contributed by atoms with Crippen LogP contribution in [0.3, 0.4) is 0 Å². The van der Waals surface area contributed by atoms with E-state index in [0.29, 0.717) is 28.0 Å². The lowest BCUT2D eigenvalue weighted by atomic mass is 10.0. The van der Waals surface area contributed by atoms with Crippen LogP contribution in [0, 0.1) is 0 Å². The Labute approximate surface area is 141 Å². The Kier molecular flexibility index (Phi) is 3.51. The summed E-state index contributed by atoms with van der Waals surface area (Å²) in [7, 11) is 0. The second-order valence-corrected chi connectivity index (χ2v) is 5.72. The monoisotopic (exact) mass is 342 g/mol. The molecular weight excluding hydrogens is 328 g/mol. The first-order valence-electron chi connectivity index (χ1n) is 7.59. The van der Waals surface area contributed by atoms with Crippen LogP contribution in [0.2, 0.25) is 0 Å². The Hall–Kier alpha value is -3.19. The minimum Gasteiger partial charge on any atom is -0.504 e. The van der Waals surface area contributed by atoms with Crippen molar-refractivity contribution in [2.45, 2.75) is 12.2 Å². The lowest BCUT2D eigenvalue weighted by molar-refractivity contribution is -0.0122. The molecule has 25 heavy (non-hydrogen) atoms. The number of aliphatic hydroxyl groups is 1. The van der Waals surface area contributed by atoms with Gasteiger partial charge in [0, 0.05) is 23.1 Å². The molecule has 128 valence electrons. The third kappa shape index (κ3) is 2.64. The zero-order valence-electron chi connectivity index (χ0n) is 12.9. The molecule has 2 heterocycles. The average Bonchev–Trinajstić information content (AvgIpc) is 2.61. The molecule has 1 aromatic heterocycles. The molecule has 2 atom stereocenters. The lowest BCUT2D eigenvalue weighted by Gasteiger charge is -2.33. The molecule has 0 aliphatic carbocycles. The first kappa shape index (κ1) is 15.3. The number of fused-ring (bicyclic) bond motifs is 2. The summed E-state index contributed by atoms with van der Waals surface area (Å²) in [6.07, 6.45) is -1.42. The van der Waals surface area contributed by atoms with Crippen molar-refractivity contribution >= 4 is 11.0 Å². The summed E-state index contributed by atoms with van der Waals surface area (Å²) in [6.45, 7) is -0.312. The van der Waals surface area contributed by atoms with E-state index in [0.717, 1.165) is 0 Å². The summed E-state index contributed by atoms with van der Waals surface area (Å²) in [5.41, 5.74) is 0.400. The molecule has 0 bridgehead atoms. The topological polar surface area (TPSA) is 109 Å². The molecule has 7 nitrogen and oxygen atoms in total. The van der Waals surface area contributed by atoms with Gasteiger partial charge in [0.05, 0.1) is 6.61 Å². The molecule has 3 aromatic rings. The van der Waals surface area contributed by atoms with E-state index in [4.69, 9.17) is 13.9 Å². The number of phenols is 2. The molecule has 3 N–H and O–H groups in total. The minimum atomic E-state index is -0.711. The van der Waals surface area contributed by atoms with Crippen molar-refractivity contribution in [3.63, 3.8) is 0 Å². The van der Waals surface area contributed by atoms with Crippen molar-refractivity contribution in [3.05, 3.63) is 58.4 Å². The van der Waals surface area contributed by atoms with Gasteiger partial charge in [-0.3, -0.25) is 0 Å². The molecule has 0 saturated heterocycles. The van der Waals surface area contributed by atoms with E-state index in [1.807, 2.05) is 0 Å². The standard InChI is InChI=1S/C18H14O7/c19-8-16-18(10-1-3-11(20)12(21)5-10)25-15-7-13-9(6-14(15)23-16)2-4-17(22)24-13/h1-7,16,18-21H,8H2/t16-,18-/m1/s1. The maximum atomic E-state index is 11.4. The van der Waals surface area contributed by atoms with Crippen LogP contribution in [-0.2, 0) is 0 Å². The lowest BCUT2D eigenvalue weighted by Crippen LogP contribution is -2.36. The molecule has 0 unspecified atom stereocenters. The SMILES string of the molecule is O=c1ccc2cc3c(cc2o1)O[C@H](c1ccc(O)c(O)c1)[C@@H](CO)O3. The molecule has 2 aromatic carbocycles. The van der Waals surface area contributed by atoms with Crippen molar-refractivity contribution in [2.24, 2.45) is 0 Å². The number of aliphatic hydroxyl groups excluding tert-OH is 1. The van der Waals surface area contributed by atoms with Gasteiger partial charge in [0.25, 0.3) is 0 Å². The summed E-state index contributed by atoms with van der Waals surface area (Å²) in [6, 6.07) is 10.4. The Balaban J connectivity index is 1.79. The smallest absolute Gasteiger partial charge is 0.336 e. The largest absolute Gasteiger partial charge is 0.504 e. The van der Waals surface area contributed by atoms with Gasteiger partial charge in [-0.1, -0.05) is 6.07 Å². The predicted octanol–water partition coefficient (Wildman–Crippen LogP) is 2.08. The van der Waals surface area contributed by atoms with Gasteiger partial charge in [-0.2, -0.15) is 0 Å². The van der Waals surface area contributed by atoms with Crippen LogP contribution in [0.5, 0.6) is 23.0 Å². The summed E-state index contributed by atoms with van der Waals surface area (Å²) in [4.78, 5) is 11.4. The number of hydrogen-bond acceptors (Lipinski definition) is 7. The zero-order chi connectivity index (χ0) is 17.6. The molecule has 1 aliphatic heterocycles. The Morgan fingerprint density at radius 1 is 0.920 bits per heavy atom. The van der Waals surface area contributed by atoms with Gasteiger partial charge in [0.1, 0.15) is 5.58 Å². The van der Waals surface area contributed by atoms with Gasteiger partial charge >= 0.3 is 5.63 Å². The highest BCUT2D eigenvalue weighted by molar-refractivity contribution is 5.80. The van der Waals surface area contributed by atoms with Crippen molar-refractivity contribution in [1.82, 2.24) is 0 Å². The highest BCUT2D eigenvalue weighted by atomic mass is 16.6.